The average molecular weight is 127 g/mol. The summed E-state index contributed by atoms with van der Waals surface area (Å²) in [5.41, 5.74) is 0. The summed E-state index contributed by atoms with van der Waals surface area (Å²) in [6.07, 6.45) is 7.13. The second kappa shape index (κ2) is 5.10. The summed E-state index contributed by atoms with van der Waals surface area (Å²) >= 11 is 0. The molecule has 0 heterocycles. The average Bonchev–Trinajstić information content (AvgIpc) is 1.83. The van der Waals surface area contributed by atoms with E-state index in [1.165, 1.54) is 34.7 Å². The normalized spacial score (nSPS) is 12.5. The largest absolute Gasteiger partial charge is 0.0887 e. The molecule has 0 bridgehead atoms. The fraction of sp³-hybridized carbons (Fsp3) is 0.714. The summed E-state index contributed by atoms with van der Waals surface area (Å²) in [4.78, 5) is 0. The Morgan fingerprint density at radius 2 is 2.25 bits per heavy atom. The van der Waals surface area contributed by atoms with Crippen LogP contribution in [0.2, 0.25) is 0 Å². The van der Waals surface area contributed by atoms with Gasteiger partial charge in [-0.1, -0.05) is 31.0 Å². The quantitative estimate of drug-likeness (QED) is 0.501. The maximum Gasteiger partial charge on any atom is 0.0336 e. The molecule has 0 aromatic heterocycles. The zero-order valence-corrected chi connectivity index (χ0v) is 8.12. The summed E-state index contributed by atoms with van der Waals surface area (Å²) in [5.74, 6) is 0. The Labute approximate surface area is 55.4 Å². The Morgan fingerprint density at radius 3 is 2.62 bits per heavy atom. The Morgan fingerprint density at radius 1 is 1.62 bits per heavy atom. The monoisotopic (exact) mass is 127 g/mol. The van der Waals surface area contributed by atoms with E-state index >= 15 is 0 Å². The molecule has 0 aromatic carbocycles. The Hall–Kier alpha value is -0.0431. The third-order valence-electron chi connectivity index (χ3n) is 1.33. The van der Waals surface area contributed by atoms with Gasteiger partial charge < -0.3 is 0 Å². The Bertz CT molecular complexity index is 74.5. The van der Waals surface area contributed by atoms with Gasteiger partial charge in [0.2, 0.25) is 0 Å². The SMILES string of the molecule is C[C]=C([SiH3])CCCC. The van der Waals surface area contributed by atoms with Crippen LogP contribution in [0.4, 0.5) is 0 Å². The van der Waals surface area contributed by atoms with E-state index in [9.17, 15) is 0 Å². The highest BCUT2D eigenvalue weighted by molar-refractivity contribution is 6.21. The number of unbranched alkanes of at least 4 members (excludes halogenated alkanes) is 1. The van der Waals surface area contributed by atoms with Gasteiger partial charge in [0.1, 0.15) is 0 Å². The van der Waals surface area contributed by atoms with Gasteiger partial charge in [-0.25, -0.2) is 0 Å². The van der Waals surface area contributed by atoms with Crippen molar-refractivity contribution in [3.8, 4) is 0 Å². The summed E-state index contributed by atoms with van der Waals surface area (Å²) in [7, 11) is 1.21. The number of hydrogen-bond donors (Lipinski definition) is 0. The van der Waals surface area contributed by atoms with Gasteiger partial charge in [-0.2, -0.15) is 0 Å². The molecular formula is C7H15Si. The van der Waals surface area contributed by atoms with Crippen molar-refractivity contribution in [3.63, 3.8) is 0 Å². The van der Waals surface area contributed by atoms with Crippen molar-refractivity contribution >= 4 is 10.2 Å². The van der Waals surface area contributed by atoms with E-state index in [4.69, 9.17) is 0 Å². The Balaban J connectivity index is 3.12. The van der Waals surface area contributed by atoms with Crippen molar-refractivity contribution in [1.82, 2.24) is 0 Å². The summed E-state index contributed by atoms with van der Waals surface area (Å²) in [6.45, 7) is 4.24. The van der Waals surface area contributed by atoms with Gasteiger partial charge in [-0.3, -0.25) is 0 Å². The van der Waals surface area contributed by atoms with Crippen molar-refractivity contribution in [3.05, 3.63) is 11.3 Å². The van der Waals surface area contributed by atoms with Crippen LogP contribution in [0.25, 0.3) is 0 Å². The predicted molar refractivity (Wildman–Crippen MR) is 41.9 cm³/mol. The summed E-state index contributed by atoms with van der Waals surface area (Å²) in [5, 5.41) is 1.53. The van der Waals surface area contributed by atoms with Crippen LogP contribution in [-0.2, 0) is 0 Å². The predicted octanol–water partition coefficient (Wildman–Crippen LogP) is 1.25. The fourth-order valence-electron chi connectivity index (χ4n) is 0.567. The van der Waals surface area contributed by atoms with Gasteiger partial charge >= 0.3 is 0 Å². The number of rotatable bonds is 3. The Kier molecular flexibility index (Phi) is 5.07. The van der Waals surface area contributed by atoms with Crippen LogP contribution in [0.5, 0.6) is 0 Å². The molecule has 0 unspecified atom stereocenters. The molecule has 0 aromatic rings. The minimum absolute atomic E-state index is 1.21. The van der Waals surface area contributed by atoms with Crippen molar-refractivity contribution in [2.45, 2.75) is 33.1 Å². The van der Waals surface area contributed by atoms with Gasteiger partial charge in [0.25, 0.3) is 0 Å². The molecule has 0 saturated carbocycles. The van der Waals surface area contributed by atoms with Gasteiger partial charge in [0.05, 0.1) is 0 Å². The molecule has 0 aliphatic rings. The van der Waals surface area contributed by atoms with Crippen LogP contribution in [0.1, 0.15) is 33.1 Å². The first-order valence-electron chi connectivity index (χ1n) is 3.31. The van der Waals surface area contributed by atoms with E-state index in [1.54, 1.807) is 0 Å². The first kappa shape index (κ1) is 7.96. The van der Waals surface area contributed by atoms with Crippen LogP contribution < -0.4 is 0 Å². The van der Waals surface area contributed by atoms with E-state index in [1.807, 2.05) is 6.92 Å². The zero-order valence-electron chi connectivity index (χ0n) is 6.12. The molecule has 0 rings (SSSR count). The lowest BCUT2D eigenvalue weighted by molar-refractivity contribution is 0.805. The zero-order chi connectivity index (χ0) is 6.41. The third kappa shape index (κ3) is 4.12. The minimum atomic E-state index is 1.21. The van der Waals surface area contributed by atoms with Crippen LogP contribution in [-0.4, -0.2) is 10.2 Å². The van der Waals surface area contributed by atoms with Crippen molar-refractivity contribution in [1.29, 1.82) is 0 Å². The lowest BCUT2D eigenvalue weighted by Crippen LogP contribution is -1.80. The van der Waals surface area contributed by atoms with E-state index in [0.29, 0.717) is 0 Å². The summed E-state index contributed by atoms with van der Waals surface area (Å²) in [6, 6.07) is 0. The molecular weight excluding hydrogens is 112 g/mol. The van der Waals surface area contributed by atoms with Crippen LogP contribution in [0, 0.1) is 6.08 Å². The molecule has 0 amide bonds. The molecule has 0 aliphatic heterocycles. The standard InChI is InChI=1S/C7H15Si/c1-3-5-6-7(8)4-2/h3,5-6H2,1-2,8H3. The number of hydrogen-bond acceptors (Lipinski definition) is 0. The molecule has 0 aliphatic carbocycles. The number of allylic oxidation sites excluding steroid dienone is 2. The van der Waals surface area contributed by atoms with Crippen LogP contribution in [0.15, 0.2) is 5.20 Å². The van der Waals surface area contributed by atoms with Crippen molar-refractivity contribution in [2.75, 3.05) is 0 Å². The molecule has 8 heavy (non-hydrogen) atoms. The topological polar surface area (TPSA) is 0 Å². The smallest absolute Gasteiger partial charge is 0.0336 e. The summed E-state index contributed by atoms with van der Waals surface area (Å²) < 4.78 is 0. The lowest BCUT2D eigenvalue weighted by Gasteiger charge is -1.94. The fourth-order valence-corrected chi connectivity index (χ4v) is 0.920. The minimum Gasteiger partial charge on any atom is -0.0887 e. The van der Waals surface area contributed by atoms with Crippen LogP contribution in [0.3, 0.4) is 0 Å². The molecule has 0 nitrogen and oxygen atoms in total. The van der Waals surface area contributed by atoms with Gasteiger partial charge in [-0.05, 0) is 13.3 Å². The highest BCUT2D eigenvalue weighted by atomic mass is 28.1. The van der Waals surface area contributed by atoms with E-state index in [2.05, 4.69) is 13.0 Å². The second-order valence-electron chi connectivity index (χ2n) is 2.13. The van der Waals surface area contributed by atoms with E-state index in [0.717, 1.165) is 0 Å². The molecule has 47 valence electrons. The van der Waals surface area contributed by atoms with Gasteiger partial charge in [0, 0.05) is 10.2 Å². The second-order valence-corrected chi connectivity index (χ2v) is 3.34. The molecule has 1 heteroatoms. The highest BCUT2D eigenvalue weighted by Gasteiger charge is 1.84. The van der Waals surface area contributed by atoms with Crippen molar-refractivity contribution in [2.24, 2.45) is 0 Å². The molecule has 0 N–H and O–H groups in total. The third-order valence-corrected chi connectivity index (χ3v) is 2.33. The maximum absolute atomic E-state index is 3.18. The maximum atomic E-state index is 3.18. The first-order chi connectivity index (χ1) is 3.81. The molecule has 0 fully saturated rings. The molecule has 1 radical (unpaired) electrons. The van der Waals surface area contributed by atoms with Crippen molar-refractivity contribution < 1.29 is 0 Å². The first-order valence-corrected chi connectivity index (χ1v) is 4.31. The highest BCUT2D eigenvalue weighted by Crippen LogP contribution is 2.00. The van der Waals surface area contributed by atoms with E-state index in [-0.39, 0.29) is 0 Å². The molecule has 0 atom stereocenters. The van der Waals surface area contributed by atoms with Gasteiger partial charge in [-0.15, -0.1) is 0 Å². The van der Waals surface area contributed by atoms with E-state index < -0.39 is 0 Å². The molecule has 0 saturated heterocycles. The lowest BCUT2D eigenvalue weighted by atomic mass is 10.2. The van der Waals surface area contributed by atoms with Gasteiger partial charge in [0.15, 0.2) is 0 Å². The molecule has 0 spiro atoms. The van der Waals surface area contributed by atoms with Crippen LogP contribution >= 0.6 is 0 Å².